The predicted molar refractivity (Wildman–Crippen MR) is 63.5 cm³/mol. The number of carbonyl (C=O) groups is 1. The molecule has 82 valence electrons. The molecule has 3 nitrogen and oxygen atoms in total. The van der Waals surface area contributed by atoms with E-state index in [0.717, 1.165) is 5.56 Å². The minimum absolute atomic E-state index is 0.0936. The Morgan fingerprint density at radius 1 is 1.38 bits per heavy atom. The molecular formula is C11H7Cl2NO2. The number of benzene rings is 1. The van der Waals surface area contributed by atoms with E-state index in [4.69, 9.17) is 28.3 Å². The van der Waals surface area contributed by atoms with Crippen molar-refractivity contribution < 1.29 is 9.90 Å². The Hall–Kier alpha value is -1.32. The summed E-state index contributed by atoms with van der Waals surface area (Å²) in [5.74, 6) is -1.04. The Bertz CT molecular complexity index is 596. The fraction of sp³-hybridized carbons (Fsp3) is 0.0909. The molecule has 1 aromatic carbocycles. The number of hydrogen-bond donors (Lipinski definition) is 1. The van der Waals surface area contributed by atoms with E-state index in [-0.39, 0.29) is 5.56 Å². The Morgan fingerprint density at radius 3 is 2.69 bits per heavy atom. The third kappa shape index (κ3) is 1.72. The van der Waals surface area contributed by atoms with Gasteiger partial charge in [-0.25, -0.2) is 4.79 Å². The summed E-state index contributed by atoms with van der Waals surface area (Å²) in [4.78, 5) is 14.9. The van der Waals surface area contributed by atoms with Gasteiger partial charge in [0.1, 0.15) is 0 Å². The van der Waals surface area contributed by atoms with Crippen molar-refractivity contribution in [2.45, 2.75) is 6.92 Å². The van der Waals surface area contributed by atoms with Crippen LogP contribution in [0.4, 0.5) is 0 Å². The highest BCUT2D eigenvalue weighted by molar-refractivity contribution is 6.45. The number of aryl methyl sites for hydroxylation is 1. The zero-order valence-corrected chi connectivity index (χ0v) is 9.80. The second-order valence-electron chi connectivity index (χ2n) is 3.41. The number of nitrogens with zero attached hydrogens (tertiary/aromatic N) is 1. The number of halogens is 2. The molecule has 0 radical (unpaired) electrons. The largest absolute Gasteiger partial charge is 0.478 e. The molecular weight excluding hydrogens is 249 g/mol. The highest BCUT2D eigenvalue weighted by Crippen LogP contribution is 2.32. The van der Waals surface area contributed by atoms with Crippen LogP contribution in [0.2, 0.25) is 10.0 Å². The van der Waals surface area contributed by atoms with Crippen LogP contribution in [0.1, 0.15) is 15.9 Å². The minimum atomic E-state index is -1.04. The molecule has 5 heteroatoms. The summed E-state index contributed by atoms with van der Waals surface area (Å²) in [7, 11) is 0. The first-order valence-corrected chi connectivity index (χ1v) is 5.24. The lowest BCUT2D eigenvalue weighted by atomic mass is 10.1. The first-order valence-electron chi connectivity index (χ1n) is 4.48. The minimum Gasteiger partial charge on any atom is -0.478 e. The van der Waals surface area contributed by atoms with Gasteiger partial charge in [0.15, 0.2) is 0 Å². The third-order valence-electron chi connectivity index (χ3n) is 2.30. The Kier molecular flexibility index (Phi) is 2.74. The van der Waals surface area contributed by atoms with E-state index in [0.29, 0.717) is 20.9 Å². The van der Waals surface area contributed by atoms with Crippen LogP contribution < -0.4 is 0 Å². The van der Waals surface area contributed by atoms with Crippen molar-refractivity contribution in [3.8, 4) is 0 Å². The molecule has 0 saturated heterocycles. The fourth-order valence-corrected chi connectivity index (χ4v) is 1.98. The van der Waals surface area contributed by atoms with Gasteiger partial charge in [-0.15, -0.1) is 0 Å². The number of hydrogen-bond acceptors (Lipinski definition) is 2. The normalized spacial score (nSPS) is 10.7. The number of aromatic carboxylic acids is 1. The average Bonchev–Trinajstić information content (AvgIpc) is 2.25. The van der Waals surface area contributed by atoms with Crippen LogP contribution in [-0.4, -0.2) is 16.1 Å². The lowest BCUT2D eigenvalue weighted by Crippen LogP contribution is -1.98. The quantitative estimate of drug-likeness (QED) is 0.848. The second-order valence-corrected chi connectivity index (χ2v) is 4.20. The van der Waals surface area contributed by atoms with E-state index in [1.807, 2.05) is 6.92 Å². The summed E-state index contributed by atoms with van der Waals surface area (Å²) in [6, 6.07) is 3.19. The molecule has 0 aliphatic heterocycles. The van der Waals surface area contributed by atoms with Crippen LogP contribution in [0.3, 0.4) is 0 Å². The Labute approximate surface area is 102 Å². The van der Waals surface area contributed by atoms with Gasteiger partial charge in [0, 0.05) is 11.6 Å². The maximum Gasteiger partial charge on any atom is 0.337 e. The molecule has 1 aromatic heterocycles. The molecule has 0 atom stereocenters. The zero-order valence-electron chi connectivity index (χ0n) is 8.29. The molecule has 0 amide bonds. The summed E-state index contributed by atoms with van der Waals surface area (Å²) < 4.78 is 0. The van der Waals surface area contributed by atoms with Crippen LogP contribution in [0.5, 0.6) is 0 Å². The zero-order chi connectivity index (χ0) is 11.9. The predicted octanol–water partition coefficient (Wildman–Crippen LogP) is 3.55. The van der Waals surface area contributed by atoms with E-state index in [1.165, 1.54) is 12.3 Å². The van der Waals surface area contributed by atoms with Crippen molar-refractivity contribution in [2.24, 2.45) is 0 Å². The topological polar surface area (TPSA) is 50.2 Å². The van der Waals surface area contributed by atoms with Crippen LogP contribution in [-0.2, 0) is 0 Å². The smallest absolute Gasteiger partial charge is 0.337 e. The van der Waals surface area contributed by atoms with Crippen LogP contribution in [0.15, 0.2) is 18.3 Å². The van der Waals surface area contributed by atoms with Gasteiger partial charge in [-0.2, -0.15) is 0 Å². The Balaban J connectivity index is 2.86. The molecule has 2 rings (SSSR count). The third-order valence-corrected chi connectivity index (χ3v) is 3.10. The molecule has 0 unspecified atom stereocenters. The SMILES string of the molecule is Cc1cc(Cl)c(Cl)c2cc(C(=O)O)cnc12. The van der Waals surface area contributed by atoms with Gasteiger partial charge in [0.2, 0.25) is 0 Å². The van der Waals surface area contributed by atoms with Gasteiger partial charge < -0.3 is 5.11 Å². The van der Waals surface area contributed by atoms with Crippen molar-refractivity contribution in [1.29, 1.82) is 0 Å². The summed E-state index contributed by atoms with van der Waals surface area (Å²) in [6.07, 6.45) is 1.31. The van der Waals surface area contributed by atoms with E-state index >= 15 is 0 Å². The Morgan fingerprint density at radius 2 is 2.06 bits per heavy atom. The van der Waals surface area contributed by atoms with E-state index in [1.54, 1.807) is 6.07 Å². The summed E-state index contributed by atoms with van der Waals surface area (Å²) in [6.45, 7) is 1.85. The summed E-state index contributed by atoms with van der Waals surface area (Å²) in [5, 5.41) is 10.1. The molecule has 2 aromatic rings. The van der Waals surface area contributed by atoms with Crippen molar-refractivity contribution in [3.63, 3.8) is 0 Å². The van der Waals surface area contributed by atoms with Crippen LogP contribution >= 0.6 is 23.2 Å². The number of carboxylic acid groups (broad SMARTS) is 1. The summed E-state index contributed by atoms with van der Waals surface area (Å²) in [5.41, 5.74) is 1.62. The highest BCUT2D eigenvalue weighted by Gasteiger charge is 2.11. The molecule has 1 N–H and O–H groups in total. The molecule has 0 bridgehead atoms. The van der Waals surface area contributed by atoms with Crippen LogP contribution in [0, 0.1) is 6.92 Å². The molecule has 0 saturated carbocycles. The number of carboxylic acids is 1. The lowest BCUT2D eigenvalue weighted by molar-refractivity contribution is 0.0696. The maximum absolute atomic E-state index is 10.8. The first-order chi connectivity index (χ1) is 7.50. The van der Waals surface area contributed by atoms with Gasteiger partial charge in [-0.3, -0.25) is 4.98 Å². The molecule has 0 spiro atoms. The van der Waals surface area contributed by atoms with Crippen molar-refractivity contribution in [2.75, 3.05) is 0 Å². The van der Waals surface area contributed by atoms with Crippen molar-refractivity contribution >= 4 is 40.1 Å². The van der Waals surface area contributed by atoms with E-state index in [9.17, 15) is 4.79 Å². The lowest BCUT2D eigenvalue weighted by Gasteiger charge is -2.06. The number of aromatic nitrogens is 1. The maximum atomic E-state index is 10.8. The molecule has 1 heterocycles. The second kappa shape index (κ2) is 3.92. The standard InChI is InChI=1S/C11H7Cl2NO2/c1-5-2-8(12)9(13)7-3-6(11(15)16)4-14-10(5)7/h2-4H,1H3,(H,15,16). The molecule has 0 fully saturated rings. The fourth-order valence-electron chi connectivity index (χ4n) is 1.51. The van der Waals surface area contributed by atoms with Gasteiger partial charge in [0.25, 0.3) is 0 Å². The van der Waals surface area contributed by atoms with E-state index in [2.05, 4.69) is 4.98 Å². The first kappa shape index (κ1) is 11.2. The van der Waals surface area contributed by atoms with Gasteiger partial charge in [-0.1, -0.05) is 23.2 Å². The number of rotatable bonds is 1. The van der Waals surface area contributed by atoms with Crippen molar-refractivity contribution in [3.05, 3.63) is 39.5 Å². The van der Waals surface area contributed by atoms with Gasteiger partial charge >= 0.3 is 5.97 Å². The average molecular weight is 256 g/mol. The molecule has 16 heavy (non-hydrogen) atoms. The summed E-state index contributed by atoms with van der Waals surface area (Å²) >= 11 is 11.9. The van der Waals surface area contributed by atoms with Crippen molar-refractivity contribution in [1.82, 2.24) is 4.98 Å². The number of fused-ring (bicyclic) bond motifs is 1. The molecule has 0 aliphatic rings. The highest BCUT2D eigenvalue weighted by atomic mass is 35.5. The monoisotopic (exact) mass is 255 g/mol. The van der Waals surface area contributed by atoms with E-state index < -0.39 is 5.97 Å². The van der Waals surface area contributed by atoms with Crippen LogP contribution in [0.25, 0.3) is 10.9 Å². The van der Waals surface area contributed by atoms with Gasteiger partial charge in [0.05, 0.1) is 21.1 Å². The number of pyridine rings is 1. The molecule has 0 aliphatic carbocycles. The van der Waals surface area contributed by atoms with Gasteiger partial charge in [-0.05, 0) is 24.6 Å².